The summed E-state index contributed by atoms with van der Waals surface area (Å²) in [6.45, 7) is 11.2. The first-order valence-electron chi connectivity index (χ1n) is 5.89. The van der Waals surface area contributed by atoms with Crippen molar-refractivity contribution in [3.05, 3.63) is 20.3 Å². The Kier molecular flexibility index (Phi) is 5.20. The minimum absolute atomic E-state index is 0.146. The van der Waals surface area contributed by atoms with Crippen LogP contribution in [0.1, 0.15) is 42.9 Å². The van der Waals surface area contributed by atoms with Crippen molar-refractivity contribution >= 4 is 33.2 Å². The van der Waals surface area contributed by atoms with Crippen molar-refractivity contribution in [1.82, 2.24) is 4.90 Å². The molecule has 4 heteroatoms. The highest BCUT2D eigenvalue weighted by atomic mass is 79.9. The lowest BCUT2D eigenvalue weighted by atomic mass is 10.1. The molecular formula is C13H20BrNOS. The van der Waals surface area contributed by atoms with E-state index in [0.29, 0.717) is 5.92 Å². The summed E-state index contributed by atoms with van der Waals surface area (Å²) < 4.78 is 1.05. The smallest absolute Gasteiger partial charge is 0.264 e. The molecule has 1 aromatic heterocycles. The summed E-state index contributed by atoms with van der Waals surface area (Å²) in [5.41, 5.74) is 1.13. The van der Waals surface area contributed by atoms with Crippen molar-refractivity contribution in [3.8, 4) is 0 Å². The van der Waals surface area contributed by atoms with E-state index in [2.05, 4.69) is 43.6 Å². The predicted molar refractivity (Wildman–Crippen MR) is 77.8 cm³/mol. The molecule has 1 heterocycles. The van der Waals surface area contributed by atoms with E-state index in [0.717, 1.165) is 20.8 Å². The normalized spacial score (nSPS) is 11.3. The number of carbonyl (C=O) groups excluding carboxylic acids is 1. The fraction of sp³-hybridized carbons (Fsp3) is 0.615. The third kappa shape index (κ3) is 3.81. The van der Waals surface area contributed by atoms with E-state index in [9.17, 15) is 4.79 Å². The summed E-state index contributed by atoms with van der Waals surface area (Å²) in [4.78, 5) is 15.2. The van der Waals surface area contributed by atoms with Crippen LogP contribution in [0.4, 0.5) is 0 Å². The molecular weight excluding hydrogens is 298 g/mol. The second-order valence-corrected chi connectivity index (χ2v) is 7.38. The zero-order valence-corrected chi connectivity index (χ0v) is 13.5. The lowest BCUT2D eigenvalue weighted by Crippen LogP contribution is -2.39. The number of nitrogens with zero attached hydrogens (tertiary/aromatic N) is 1. The van der Waals surface area contributed by atoms with Crippen LogP contribution in [0.2, 0.25) is 0 Å². The minimum atomic E-state index is 0.146. The van der Waals surface area contributed by atoms with Crippen LogP contribution in [0.3, 0.4) is 0 Å². The van der Waals surface area contributed by atoms with Gasteiger partial charge in [-0.2, -0.15) is 0 Å². The lowest BCUT2D eigenvalue weighted by Gasteiger charge is -2.28. The Bertz CT molecular complexity index is 379. The van der Waals surface area contributed by atoms with Gasteiger partial charge in [0, 0.05) is 12.6 Å². The molecule has 0 fully saturated rings. The van der Waals surface area contributed by atoms with Gasteiger partial charge in [-0.1, -0.05) is 13.8 Å². The largest absolute Gasteiger partial charge is 0.335 e. The number of halogens is 1. The highest BCUT2D eigenvalue weighted by molar-refractivity contribution is 9.11. The van der Waals surface area contributed by atoms with E-state index < -0.39 is 0 Å². The average molecular weight is 318 g/mol. The molecule has 0 spiro atoms. The topological polar surface area (TPSA) is 20.3 Å². The van der Waals surface area contributed by atoms with Gasteiger partial charge in [0.25, 0.3) is 5.91 Å². The fourth-order valence-corrected chi connectivity index (χ4v) is 3.12. The Balaban J connectivity index is 2.91. The van der Waals surface area contributed by atoms with Crippen LogP contribution in [0.25, 0.3) is 0 Å². The molecule has 96 valence electrons. The number of thiophene rings is 1. The van der Waals surface area contributed by atoms with E-state index in [-0.39, 0.29) is 11.9 Å². The summed E-state index contributed by atoms with van der Waals surface area (Å²) in [7, 11) is 0. The number of rotatable bonds is 4. The van der Waals surface area contributed by atoms with Crippen molar-refractivity contribution in [3.63, 3.8) is 0 Å². The van der Waals surface area contributed by atoms with Crippen LogP contribution >= 0.6 is 27.3 Å². The molecule has 0 aliphatic carbocycles. The van der Waals surface area contributed by atoms with Gasteiger partial charge >= 0.3 is 0 Å². The molecule has 0 saturated heterocycles. The summed E-state index contributed by atoms with van der Waals surface area (Å²) in [6, 6.07) is 2.21. The Morgan fingerprint density at radius 1 is 1.41 bits per heavy atom. The zero-order chi connectivity index (χ0) is 13.2. The van der Waals surface area contributed by atoms with Gasteiger partial charge in [0.15, 0.2) is 0 Å². The van der Waals surface area contributed by atoms with Crippen LogP contribution in [0, 0.1) is 12.8 Å². The number of amides is 1. The van der Waals surface area contributed by atoms with Crippen molar-refractivity contribution in [2.75, 3.05) is 6.54 Å². The molecule has 0 unspecified atom stereocenters. The molecule has 1 aromatic rings. The van der Waals surface area contributed by atoms with Crippen molar-refractivity contribution < 1.29 is 4.79 Å². The quantitative estimate of drug-likeness (QED) is 0.809. The number of hydrogen-bond acceptors (Lipinski definition) is 2. The molecule has 0 bridgehead atoms. The molecule has 1 amide bonds. The SMILES string of the molecule is Cc1cc(C(=O)N(CC(C)C)C(C)C)sc1Br. The molecule has 0 atom stereocenters. The summed E-state index contributed by atoms with van der Waals surface area (Å²) in [6.07, 6.45) is 0. The maximum absolute atomic E-state index is 12.4. The predicted octanol–water partition coefficient (Wildman–Crippen LogP) is 4.33. The fourth-order valence-electron chi connectivity index (χ4n) is 1.63. The Morgan fingerprint density at radius 2 is 2.00 bits per heavy atom. The zero-order valence-electron chi connectivity index (χ0n) is 11.1. The van der Waals surface area contributed by atoms with Crippen LogP contribution in [-0.2, 0) is 0 Å². The van der Waals surface area contributed by atoms with E-state index in [4.69, 9.17) is 0 Å². The number of carbonyl (C=O) groups is 1. The lowest BCUT2D eigenvalue weighted by molar-refractivity contribution is 0.0687. The third-order valence-electron chi connectivity index (χ3n) is 2.51. The van der Waals surface area contributed by atoms with Gasteiger partial charge in [0.1, 0.15) is 0 Å². The van der Waals surface area contributed by atoms with Gasteiger partial charge in [0.2, 0.25) is 0 Å². The summed E-state index contributed by atoms with van der Waals surface area (Å²) >= 11 is 4.99. The Labute approximate surface area is 116 Å². The third-order valence-corrected chi connectivity index (χ3v) is 4.64. The molecule has 0 aliphatic heterocycles. The second-order valence-electron chi connectivity index (χ2n) is 5.01. The van der Waals surface area contributed by atoms with Crippen LogP contribution < -0.4 is 0 Å². The highest BCUT2D eigenvalue weighted by Crippen LogP contribution is 2.28. The first-order chi connectivity index (χ1) is 7.82. The van der Waals surface area contributed by atoms with Gasteiger partial charge in [-0.25, -0.2) is 0 Å². The van der Waals surface area contributed by atoms with Crippen LogP contribution in [0.5, 0.6) is 0 Å². The maximum atomic E-state index is 12.4. The van der Waals surface area contributed by atoms with Crippen LogP contribution in [0.15, 0.2) is 9.85 Å². The number of hydrogen-bond donors (Lipinski definition) is 0. The van der Waals surface area contributed by atoms with Crippen molar-refractivity contribution in [2.24, 2.45) is 5.92 Å². The van der Waals surface area contributed by atoms with Gasteiger partial charge in [-0.15, -0.1) is 11.3 Å². The first-order valence-corrected chi connectivity index (χ1v) is 7.50. The number of aryl methyl sites for hydroxylation is 1. The molecule has 0 radical (unpaired) electrons. The van der Waals surface area contributed by atoms with Gasteiger partial charge in [0.05, 0.1) is 8.66 Å². The first kappa shape index (κ1) is 14.7. The van der Waals surface area contributed by atoms with E-state index in [1.165, 1.54) is 11.3 Å². The van der Waals surface area contributed by atoms with E-state index in [1.54, 1.807) is 0 Å². The minimum Gasteiger partial charge on any atom is -0.335 e. The molecule has 1 rings (SSSR count). The molecule has 0 saturated carbocycles. The Hall–Kier alpha value is -0.350. The molecule has 17 heavy (non-hydrogen) atoms. The molecule has 0 aliphatic rings. The molecule has 0 N–H and O–H groups in total. The van der Waals surface area contributed by atoms with E-state index >= 15 is 0 Å². The van der Waals surface area contributed by atoms with Gasteiger partial charge in [-0.3, -0.25) is 4.79 Å². The molecule has 2 nitrogen and oxygen atoms in total. The standard InChI is InChI=1S/C13H20BrNOS/c1-8(2)7-15(9(3)4)13(16)11-6-10(5)12(14)17-11/h6,8-9H,7H2,1-5H3. The monoisotopic (exact) mass is 317 g/mol. The average Bonchev–Trinajstić information content (AvgIpc) is 2.54. The van der Waals surface area contributed by atoms with Crippen molar-refractivity contribution in [1.29, 1.82) is 0 Å². The molecule has 0 aromatic carbocycles. The second kappa shape index (κ2) is 6.01. The van der Waals surface area contributed by atoms with Gasteiger partial charge in [-0.05, 0) is 54.2 Å². The summed E-state index contributed by atoms with van der Waals surface area (Å²) in [5, 5.41) is 0. The summed E-state index contributed by atoms with van der Waals surface area (Å²) in [5.74, 6) is 0.637. The maximum Gasteiger partial charge on any atom is 0.264 e. The van der Waals surface area contributed by atoms with E-state index in [1.807, 2.05) is 17.9 Å². The van der Waals surface area contributed by atoms with Crippen LogP contribution in [-0.4, -0.2) is 23.4 Å². The Morgan fingerprint density at radius 3 is 2.35 bits per heavy atom. The van der Waals surface area contributed by atoms with Gasteiger partial charge < -0.3 is 4.90 Å². The van der Waals surface area contributed by atoms with Crippen molar-refractivity contribution in [2.45, 2.75) is 40.7 Å². The highest BCUT2D eigenvalue weighted by Gasteiger charge is 2.21.